The van der Waals surface area contributed by atoms with E-state index in [0.717, 1.165) is 55.2 Å². The number of halogens is 1. The number of allylic oxidation sites excluding steroid dienone is 5. The number of ether oxygens (including phenoxy) is 2. The maximum Gasteiger partial charge on any atom is 0.328 e. The summed E-state index contributed by atoms with van der Waals surface area (Å²) in [6.45, 7) is 3.60. The molecule has 0 saturated carbocycles. The minimum Gasteiger partial charge on any atom is -0.495 e. The van der Waals surface area contributed by atoms with Gasteiger partial charge in [0.25, 0.3) is 0 Å². The van der Waals surface area contributed by atoms with Gasteiger partial charge in [-0.15, -0.1) is 6.42 Å². The quantitative estimate of drug-likeness (QED) is 0.240. The summed E-state index contributed by atoms with van der Waals surface area (Å²) in [6.07, 6.45) is 18.1. The highest BCUT2D eigenvalue weighted by molar-refractivity contribution is 6.30. The van der Waals surface area contributed by atoms with Crippen molar-refractivity contribution in [3.63, 3.8) is 0 Å². The standard InChI is InChI=1S/C28H33ClN2O4/c1-3-17-34-18-19-35-25-12-13-26-23(20-25)9-8-22-10-11-24(29)21-27(22)31(26)16-5-4-14-30(2)15-6-7-28(32)33/h1,6-7,9-13,21H,4-5,8,14-20H2,2H3,(H,32,33)/b7-6+. The first-order chi connectivity index (χ1) is 17.0. The molecule has 0 fully saturated rings. The van der Waals surface area contributed by atoms with Crippen LogP contribution < -0.4 is 4.90 Å². The minimum absolute atomic E-state index is 0.294. The van der Waals surface area contributed by atoms with Gasteiger partial charge in [-0.1, -0.05) is 35.7 Å². The molecule has 35 heavy (non-hydrogen) atoms. The van der Waals surface area contributed by atoms with Gasteiger partial charge in [-0.2, -0.15) is 0 Å². The lowest BCUT2D eigenvalue weighted by molar-refractivity contribution is -0.131. The van der Waals surface area contributed by atoms with E-state index in [2.05, 4.69) is 40.0 Å². The predicted molar refractivity (Wildman–Crippen MR) is 140 cm³/mol. The molecule has 3 rings (SSSR count). The summed E-state index contributed by atoms with van der Waals surface area (Å²) in [5, 5.41) is 9.47. The van der Waals surface area contributed by atoms with Gasteiger partial charge in [0.05, 0.1) is 6.61 Å². The van der Waals surface area contributed by atoms with Gasteiger partial charge < -0.3 is 24.4 Å². The molecular formula is C28H33ClN2O4. The highest BCUT2D eigenvalue weighted by Crippen LogP contribution is 2.38. The number of benzene rings is 1. The number of carboxylic acid groups (broad SMARTS) is 1. The second-order valence-corrected chi connectivity index (χ2v) is 8.97. The molecule has 1 aromatic rings. The van der Waals surface area contributed by atoms with Crippen molar-refractivity contribution in [1.82, 2.24) is 4.90 Å². The van der Waals surface area contributed by atoms with E-state index in [1.54, 1.807) is 6.08 Å². The van der Waals surface area contributed by atoms with Crippen molar-refractivity contribution in [1.29, 1.82) is 0 Å². The number of carboxylic acids is 1. The van der Waals surface area contributed by atoms with Crippen LogP contribution in [0.3, 0.4) is 0 Å². The smallest absolute Gasteiger partial charge is 0.328 e. The van der Waals surface area contributed by atoms with Gasteiger partial charge in [-0.25, -0.2) is 4.79 Å². The Labute approximate surface area is 213 Å². The second kappa shape index (κ2) is 13.8. The zero-order chi connectivity index (χ0) is 25.0. The van der Waals surface area contributed by atoms with E-state index in [4.69, 9.17) is 32.6 Å². The van der Waals surface area contributed by atoms with Crippen molar-refractivity contribution in [3.05, 3.63) is 76.2 Å². The second-order valence-electron chi connectivity index (χ2n) is 8.53. The lowest BCUT2D eigenvalue weighted by Crippen LogP contribution is -2.27. The van der Waals surface area contributed by atoms with Crippen LogP contribution in [0.1, 0.15) is 24.8 Å². The molecule has 0 saturated heterocycles. The Morgan fingerprint density at radius 3 is 2.97 bits per heavy atom. The Hall–Kier alpha value is -2.98. The van der Waals surface area contributed by atoms with Gasteiger partial charge in [-0.05, 0) is 68.3 Å². The minimum atomic E-state index is -0.915. The Bertz CT molecular complexity index is 1050. The van der Waals surface area contributed by atoms with E-state index < -0.39 is 5.97 Å². The number of anilines is 1. The van der Waals surface area contributed by atoms with Gasteiger partial charge in [0.2, 0.25) is 0 Å². The van der Waals surface area contributed by atoms with Crippen molar-refractivity contribution in [2.45, 2.75) is 25.7 Å². The number of likely N-dealkylation sites (N-methyl/N-ethyl adjacent to an activating group) is 1. The molecule has 0 unspecified atom stereocenters. The Kier molecular flexibility index (Phi) is 10.5. The Balaban J connectivity index is 1.66. The molecule has 0 atom stereocenters. The zero-order valence-corrected chi connectivity index (χ0v) is 21.0. The molecule has 0 radical (unpaired) electrons. The number of rotatable bonds is 13. The fourth-order valence-electron chi connectivity index (χ4n) is 4.16. The summed E-state index contributed by atoms with van der Waals surface area (Å²) in [7, 11) is 2.00. The number of hydrogen-bond acceptors (Lipinski definition) is 5. The number of hydrogen-bond donors (Lipinski definition) is 1. The van der Waals surface area contributed by atoms with Crippen molar-refractivity contribution < 1.29 is 19.4 Å². The lowest BCUT2D eigenvalue weighted by atomic mass is 10.0. The molecule has 0 amide bonds. The average Bonchev–Trinajstić information content (AvgIpc) is 2.97. The van der Waals surface area contributed by atoms with Gasteiger partial charge in [0, 0.05) is 42.0 Å². The predicted octanol–water partition coefficient (Wildman–Crippen LogP) is 4.82. The monoisotopic (exact) mass is 496 g/mol. The molecular weight excluding hydrogens is 464 g/mol. The summed E-state index contributed by atoms with van der Waals surface area (Å²) in [5.41, 5.74) is 4.82. The van der Waals surface area contributed by atoms with Gasteiger partial charge in [0.1, 0.15) is 19.0 Å². The zero-order valence-electron chi connectivity index (χ0n) is 20.2. The molecule has 1 N–H and O–H groups in total. The lowest BCUT2D eigenvalue weighted by Gasteiger charge is -2.31. The molecule has 1 aliphatic carbocycles. The van der Waals surface area contributed by atoms with Crippen molar-refractivity contribution in [2.24, 2.45) is 0 Å². The maximum absolute atomic E-state index is 10.6. The van der Waals surface area contributed by atoms with E-state index in [9.17, 15) is 4.79 Å². The molecule has 0 aromatic heterocycles. The van der Waals surface area contributed by atoms with Crippen molar-refractivity contribution in [3.8, 4) is 12.3 Å². The van der Waals surface area contributed by atoms with Crippen LogP contribution in [-0.2, 0) is 20.7 Å². The molecule has 6 nitrogen and oxygen atoms in total. The average molecular weight is 497 g/mol. The van der Waals surface area contributed by atoms with Crippen LogP contribution >= 0.6 is 11.6 Å². The number of fused-ring (bicyclic) bond motifs is 2. The molecule has 2 aliphatic rings. The largest absolute Gasteiger partial charge is 0.495 e. The van der Waals surface area contributed by atoms with Crippen LogP contribution in [-0.4, -0.2) is 62.5 Å². The Morgan fingerprint density at radius 1 is 1.31 bits per heavy atom. The van der Waals surface area contributed by atoms with Crippen molar-refractivity contribution in [2.75, 3.05) is 51.4 Å². The third-order valence-electron chi connectivity index (χ3n) is 5.87. The van der Waals surface area contributed by atoms with E-state index >= 15 is 0 Å². The Morgan fingerprint density at radius 2 is 2.17 bits per heavy atom. The highest BCUT2D eigenvalue weighted by Gasteiger charge is 2.24. The number of carbonyl (C=O) groups is 1. The van der Waals surface area contributed by atoms with Gasteiger partial charge >= 0.3 is 5.97 Å². The number of unbranched alkanes of at least 4 members (excludes halogenated alkanes) is 1. The SMILES string of the molecule is C#CCOCCOC1=CC=C2C(=CCc3ccc(Cl)cc3N2CCCCN(C)C/C=C/C(=O)O)C1. The van der Waals surface area contributed by atoms with Gasteiger partial charge in [-0.3, -0.25) is 0 Å². The first-order valence-corrected chi connectivity index (χ1v) is 12.2. The number of aliphatic carboxylic acids is 1. The van der Waals surface area contributed by atoms with Crippen molar-refractivity contribution >= 4 is 23.3 Å². The fraction of sp³-hybridized carbons (Fsp3) is 0.393. The summed E-state index contributed by atoms with van der Waals surface area (Å²) >= 11 is 6.39. The molecule has 1 aromatic carbocycles. The van der Waals surface area contributed by atoms with Crippen LogP contribution in [0.4, 0.5) is 5.69 Å². The maximum atomic E-state index is 10.6. The van der Waals surface area contributed by atoms with E-state index in [-0.39, 0.29) is 0 Å². The van der Waals surface area contributed by atoms with Crippen LogP contribution in [0.2, 0.25) is 5.02 Å². The van der Waals surface area contributed by atoms with Crippen LogP contribution in [0.25, 0.3) is 0 Å². The summed E-state index contributed by atoms with van der Waals surface area (Å²) < 4.78 is 11.2. The van der Waals surface area contributed by atoms with E-state index in [1.807, 2.05) is 19.2 Å². The third kappa shape index (κ3) is 8.32. The molecule has 0 bridgehead atoms. The highest BCUT2D eigenvalue weighted by atomic mass is 35.5. The molecule has 1 heterocycles. The summed E-state index contributed by atoms with van der Waals surface area (Å²) in [5.74, 6) is 2.46. The first kappa shape index (κ1) is 26.6. The normalized spacial score (nSPS) is 15.0. The third-order valence-corrected chi connectivity index (χ3v) is 6.10. The molecule has 0 spiro atoms. The molecule has 186 valence electrons. The van der Waals surface area contributed by atoms with E-state index in [1.165, 1.54) is 22.9 Å². The topological polar surface area (TPSA) is 62.2 Å². The van der Waals surface area contributed by atoms with Gasteiger partial charge in [0.15, 0.2) is 0 Å². The van der Waals surface area contributed by atoms with Crippen LogP contribution in [0, 0.1) is 12.3 Å². The molecule has 7 heteroatoms. The van der Waals surface area contributed by atoms with Crippen LogP contribution in [0.15, 0.2) is 65.6 Å². The number of terminal acetylenes is 1. The fourth-order valence-corrected chi connectivity index (χ4v) is 4.33. The van der Waals surface area contributed by atoms with Crippen LogP contribution in [0.5, 0.6) is 0 Å². The number of nitrogens with zero attached hydrogens (tertiary/aromatic N) is 2. The summed E-state index contributed by atoms with van der Waals surface area (Å²) in [4.78, 5) is 15.1. The van der Waals surface area contributed by atoms with E-state index in [0.29, 0.717) is 26.4 Å². The summed E-state index contributed by atoms with van der Waals surface area (Å²) in [6, 6.07) is 6.11. The first-order valence-electron chi connectivity index (χ1n) is 11.9. The molecule has 1 aliphatic heterocycles.